The number of likely N-dealkylation sites (tertiary alicyclic amines) is 1. The van der Waals surface area contributed by atoms with Gasteiger partial charge in [0.25, 0.3) is 0 Å². The number of benzene rings is 1. The first kappa shape index (κ1) is 18.4. The van der Waals surface area contributed by atoms with Crippen molar-refractivity contribution in [2.75, 3.05) is 13.1 Å². The molecule has 3 atom stereocenters. The molecule has 0 saturated carbocycles. The molecule has 142 valence electrons. The summed E-state index contributed by atoms with van der Waals surface area (Å²) in [5.74, 6) is 0.0513. The van der Waals surface area contributed by atoms with Crippen LogP contribution in [0.25, 0.3) is 0 Å². The van der Waals surface area contributed by atoms with Gasteiger partial charge in [0.05, 0.1) is 28.3 Å². The van der Waals surface area contributed by atoms with Crippen molar-refractivity contribution in [2.24, 2.45) is 5.41 Å². The van der Waals surface area contributed by atoms with E-state index in [9.17, 15) is 9.90 Å². The minimum Gasteiger partial charge on any atom is -0.391 e. The minimum absolute atomic E-state index is 0.0513. The van der Waals surface area contributed by atoms with E-state index >= 15 is 0 Å². The second kappa shape index (κ2) is 7.58. The van der Waals surface area contributed by atoms with Crippen LogP contribution in [0, 0.1) is 5.41 Å². The molecule has 1 aromatic carbocycles. The monoisotopic (exact) mass is 385 g/mol. The summed E-state index contributed by atoms with van der Waals surface area (Å²) in [6.45, 7) is 2.25. The van der Waals surface area contributed by atoms with Crippen molar-refractivity contribution in [1.29, 1.82) is 0 Å². The van der Waals surface area contributed by atoms with Crippen molar-refractivity contribution in [1.82, 2.24) is 15.2 Å². The third-order valence-electron chi connectivity index (χ3n) is 5.74. The topological polar surface area (TPSA) is 65.5 Å². The summed E-state index contributed by atoms with van der Waals surface area (Å²) in [6.07, 6.45) is 3.30. The number of amides is 1. The van der Waals surface area contributed by atoms with Gasteiger partial charge in [0, 0.05) is 19.3 Å². The molecule has 27 heavy (non-hydrogen) atoms. The van der Waals surface area contributed by atoms with Crippen molar-refractivity contribution >= 4 is 17.5 Å². The fourth-order valence-corrected chi connectivity index (χ4v) is 4.52. The number of carbonyl (C=O) groups is 1. The minimum atomic E-state index is -0.585. The molecule has 2 N–H and O–H groups in total. The summed E-state index contributed by atoms with van der Waals surface area (Å²) in [5.41, 5.74) is 1.36. The Morgan fingerprint density at radius 2 is 2.07 bits per heavy atom. The van der Waals surface area contributed by atoms with Crippen LogP contribution in [0.3, 0.4) is 0 Å². The molecule has 2 aromatic rings. The highest BCUT2D eigenvalue weighted by Gasteiger charge is 2.49. The maximum atomic E-state index is 13.1. The number of hydrogen-bond acceptors (Lipinski definition) is 4. The number of hydrogen-bond donors (Lipinski definition) is 2. The Labute approximate surface area is 164 Å². The zero-order valence-corrected chi connectivity index (χ0v) is 15.9. The molecule has 2 aliphatic heterocycles. The number of aromatic nitrogens is 1. The summed E-state index contributed by atoms with van der Waals surface area (Å²) in [7, 11) is 0. The first-order chi connectivity index (χ1) is 13.1. The van der Waals surface area contributed by atoms with E-state index in [4.69, 9.17) is 11.6 Å². The maximum absolute atomic E-state index is 13.1. The molecule has 4 rings (SSSR count). The van der Waals surface area contributed by atoms with Gasteiger partial charge < -0.3 is 10.4 Å². The molecular weight excluding hydrogens is 362 g/mol. The van der Waals surface area contributed by atoms with Gasteiger partial charge in [-0.15, -0.1) is 0 Å². The SMILES string of the molecule is O=C1N[C@@H](c2ccccc2)[C@H](O)C[C@@]12CCCN(Cc1ccc(Cl)cn1)C2. The Hall–Kier alpha value is -1.95. The zero-order valence-electron chi connectivity index (χ0n) is 15.1. The van der Waals surface area contributed by atoms with Crippen molar-refractivity contribution in [2.45, 2.75) is 38.0 Å². The third-order valence-corrected chi connectivity index (χ3v) is 5.97. The lowest BCUT2D eigenvalue weighted by Crippen LogP contribution is -2.59. The fourth-order valence-electron chi connectivity index (χ4n) is 4.41. The van der Waals surface area contributed by atoms with Crippen molar-refractivity contribution < 1.29 is 9.90 Å². The highest BCUT2D eigenvalue weighted by Crippen LogP contribution is 2.41. The van der Waals surface area contributed by atoms with Gasteiger partial charge in [-0.05, 0) is 43.5 Å². The van der Waals surface area contributed by atoms with Crippen LogP contribution in [0.1, 0.15) is 36.6 Å². The van der Waals surface area contributed by atoms with Crippen LogP contribution >= 0.6 is 11.6 Å². The standard InChI is InChI=1S/C21H24ClN3O2/c22-16-7-8-17(23-12-16)13-25-10-4-9-21(14-25)11-18(26)19(24-20(21)27)15-5-2-1-3-6-15/h1-3,5-8,12,18-19,26H,4,9-11,13-14H2,(H,24,27)/t18-,19+,21-/m1/s1. The zero-order chi connectivity index (χ0) is 18.9. The van der Waals surface area contributed by atoms with Crippen LogP contribution in [0.15, 0.2) is 48.7 Å². The normalized spacial score (nSPS) is 28.9. The number of aliphatic hydroxyl groups is 1. The fraction of sp³-hybridized carbons (Fsp3) is 0.429. The molecule has 2 aliphatic rings. The molecule has 0 bridgehead atoms. The van der Waals surface area contributed by atoms with Gasteiger partial charge in [0.2, 0.25) is 5.91 Å². The maximum Gasteiger partial charge on any atom is 0.228 e. The van der Waals surface area contributed by atoms with E-state index in [0.717, 1.165) is 30.6 Å². The second-order valence-corrected chi connectivity index (χ2v) is 8.13. The second-order valence-electron chi connectivity index (χ2n) is 7.70. The number of pyridine rings is 1. The van der Waals surface area contributed by atoms with Gasteiger partial charge in [0.15, 0.2) is 0 Å². The number of aliphatic hydroxyl groups excluding tert-OH is 1. The molecule has 2 saturated heterocycles. The van der Waals surface area contributed by atoms with E-state index in [0.29, 0.717) is 24.5 Å². The molecule has 0 aliphatic carbocycles. The predicted molar refractivity (Wildman–Crippen MR) is 104 cm³/mol. The smallest absolute Gasteiger partial charge is 0.228 e. The van der Waals surface area contributed by atoms with Gasteiger partial charge in [-0.2, -0.15) is 0 Å². The van der Waals surface area contributed by atoms with Gasteiger partial charge >= 0.3 is 0 Å². The molecular formula is C21H24ClN3O2. The number of rotatable bonds is 3. The molecule has 0 unspecified atom stereocenters. The lowest BCUT2D eigenvalue weighted by Gasteiger charge is -2.47. The van der Waals surface area contributed by atoms with Gasteiger partial charge in [-0.1, -0.05) is 41.9 Å². The summed E-state index contributed by atoms with van der Waals surface area (Å²) in [5, 5.41) is 14.5. The highest BCUT2D eigenvalue weighted by molar-refractivity contribution is 6.30. The lowest BCUT2D eigenvalue weighted by molar-refractivity contribution is -0.145. The molecule has 1 spiro atoms. The number of nitrogens with zero attached hydrogens (tertiary/aromatic N) is 2. The van der Waals surface area contributed by atoms with E-state index in [2.05, 4.69) is 15.2 Å². The quantitative estimate of drug-likeness (QED) is 0.852. The third kappa shape index (κ3) is 3.86. The van der Waals surface area contributed by atoms with Crippen molar-refractivity contribution in [3.8, 4) is 0 Å². The van der Waals surface area contributed by atoms with Crippen LogP contribution in [-0.4, -0.2) is 40.1 Å². The summed E-state index contributed by atoms with van der Waals surface area (Å²) in [6, 6.07) is 13.1. The molecule has 1 amide bonds. The Kier molecular flexibility index (Phi) is 5.17. The number of carbonyl (C=O) groups excluding carboxylic acids is 1. The lowest BCUT2D eigenvalue weighted by atomic mass is 9.70. The first-order valence-corrected chi connectivity index (χ1v) is 9.80. The summed E-state index contributed by atoms with van der Waals surface area (Å²) in [4.78, 5) is 19.7. The largest absolute Gasteiger partial charge is 0.391 e. The van der Waals surface area contributed by atoms with E-state index < -0.39 is 11.5 Å². The Morgan fingerprint density at radius 1 is 1.26 bits per heavy atom. The molecule has 6 heteroatoms. The van der Waals surface area contributed by atoms with Crippen LogP contribution in [-0.2, 0) is 11.3 Å². The molecule has 0 radical (unpaired) electrons. The summed E-state index contributed by atoms with van der Waals surface area (Å²) >= 11 is 5.91. The first-order valence-electron chi connectivity index (χ1n) is 9.42. The van der Waals surface area contributed by atoms with Crippen LogP contribution < -0.4 is 5.32 Å². The number of piperidine rings is 2. The van der Waals surface area contributed by atoms with Crippen molar-refractivity contribution in [3.05, 3.63) is 64.9 Å². The Balaban J connectivity index is 1.48. The predicted octanol–water partition coefficient (Wildman–Crippen LogP) is 2.94. The van der Waals surface area contributed by atoms with Gasteiger partial charge in [-0.25, -0.2) is 0 Å². The van der Waals surface area contributed by atoms with Gasteiger partial charge in [-0.3, -0.25) is 14.7 Å². The molecule has 5 nitrogen and oxygen atoms in total. The van der Waals surface area contributed by atoms with E-state index in [1.54, 1.807) is 6.20 Å². The van der Waals surface area contributed by atoms with Crippen LogP contribution in [0.5, 0.6) is 0 Å². The van der Waals surface area contributed by atoms with E-state index in [-0.39, 0.29) is 11.9 Å². The Morgan fingerprint density at radius 3 is 2.81 bits per heavy atom. The highest BCUT2D eigenvalue weighted by atomic mass is 35.5. The van der Waals surface area contributed by atoms with Crippen LogP contribution in [0.2, 0.25) is 5.02 Å². The average molecular weight is 386 g/mol. The average Bonchev–Trinajstić information content (AvgIpc) is 2.67. The number of nitrogens with one attached hydrogen (secondary N) is 1. The van der Waals surface area contributed by atoms with Gasteiger partial charge in [0.1, 0.15) is 0 Å². The molecule has 2 fully saturated rings. The number of halogens is 1. The summed E-state index contributed by atoms with van der Waals surface area (Å²) < 4.78 is 0. The molecule has 3 heterocycles. The molecule has 1 aromatic heterocycles. The Bertz CT molecular complexity index is 799. The van der Waals surface area contributed by atoms with Crippen molar-refractivity contribution in [3.63, 3.8) is 0 Å². The van der Waals surface area contributed by atoms with Crippen LogP contribution in [0.4, 0.5) is 0 Å². The van der Waals surface area contributed by atoms with E-state index in [1.165, 1.54) is 0 Å². The van der Waals surface area contributed by atoms with E-state index in [1.807, 2.05) is 42.5 Å².